The molecule has 0 bridgehead atoms. The fraction of sp³-hybridized carbons (Fsp3) is 0.444. The zero-order chi connectivity index (χ0) is 36.8. The van der Waals surface area contributed by atoms with E-state index >= 15 is 0 Å². The molecule has 1 fully saturated rings. The quantitative estimate of drug-likeness (QED) is 0.104. The van der Waals surface area contributed by atoms with Gasteiger partial charge in [-0.15, -0.1) is 5.06 Å². The van der Waals surface area contributed by atoms with Crippen LogP contribution in [0.1, 0.15) is 95.4 Å². The average molecular weight is 704 g/mol. The number of carbonyl (C=O) groups excluding carboxylic acids is 6. The molecule has 6 rings (SSSR count). The molecule has 3 aliphatic rings. The Morgan fingerprint density at radius 2 is 1.67 bits per heavy atom. The van der Waals surface area contributed by atoms with Crippen LogP contribution in [-0.4, -0.2) is 56.1 Å². The van der Waals surface area contributed by atoms with Crippen molar-refractivity contribution in [3.05, 3.63) is 56.9 Å². The van der Waals surface area contributed by atoms with Crippen molar-refractivity contribution < 1.29 is 52.6 Å². The van der Waals surface area contributed by atoms with E-state index in [0.717, 1.165) is 16.5 Å². The third-order valence-corrected chi connectivity index (χ3v) is 8.94. The van der Waals surface area contributed by atoms with Crippen LogP contribution in [0.4, 0.5) is 4.79 Å². The molecular weight excluding hydrogens is 666 g/mol. The molecule has 15 nitrogen and oxygen atoms in total. The van der Waals surface area contributed by atoms with E-state index in [1.165, 1.54) is 0 Å². The predicted octanol–water partition coefficient (Wildman–Crippen LogP) is 4.28. The molecule has 0 aliphatic carbocycles. The summed E-state index contributed by atoms with van der Waals surface area (Å²) in [6.45, 7) is 8.67. The Morgan fingerprint density at radius 1 is 0.961 bits per heavy atom. The number of benzene rings is 1. The molecule has 3 aliphatic heterocycles. The highest BCUT2D eigenvalue weighted by atomic mass is 16.7. The maximum atomic E-state index is 14.0. The number of nitrogens with zero attached hydrogens (tertiary/aromatic N) is 3. The van der Waals surface area contributed by atoms with Crippen LogP contribution in [0.2, 0.25) is 0 Å². The summed E-state index contributed by atoms with van der Waals surface area (Å²) >= 11 is 0. The van der Waals surface area contributed by atoms with Crippen molar-refractivity contribution in [1.29, 1.82) is 0 Å². The summed E-state index contributed by atoms with van der Waals surface area (Å²) in [6.07, 6.45) is -1.08. The average Bonchev–Trinajstić information content (AvgIpc) is 3.59. The molecule has 0 saturated carbocycles. The van der Waals surface area contributed by atoms with Crippen LogP contribution >= 0.6 is 0 Å². The second kappa shape index (κ2) is 13.3. The molecule has 268 valence electrons. The zero-order valence-corrected chi connectivity index (χ0v) is 28.9. The third-order valence-electron chi connectivity index (χ3n) is 8.94. The number of pyridine rings is 2. The first kappa shape index (κ1) is 35.2. The van der Waals surface area contributed by atoms with E-state index < -0.39 is 52.6 Å². The van der Waals surface area contributed by atoms with E-state index in [9.17, 15) is 33.6 Å². The number of hydrogen-bond acceptors (Lipinski definition) is 13. The maximum Gasteiger partial charge on any atom is 0.514 e. The van der Waals surface area contributed by atoms with Crippen molar-refractivity contribution >= 4 is 46.8 Å². The van der Waals surface area contributed by atoms with E-state index in [1.807, 2.05) is 6.92 Å². The normalized spacial score (nSPS) is 17.8. The number of rotatable bonds is 9. The van der Waals surface area contributed by atoms with E-state index in [2.05, 4.69) is 0 Å². The monoisotopic (exact) mass is 703 g/mol. The Hall–Kier alpha value is -5.60. The third kappa shape index (κ3) is 6.55. The SMILES string of the molecule is CCc1c2c(nc3ccc(OC(=O)OC(C)(C)C)cc13)-c1cc3c(c(=O)n1C2)COC(=O)[C@@]3(CC)OC(=O)CCCC(=O)ON1C(=O)CCC1=O. The van der Waals surface area contributed by atoms with Gasteiger partial charge in [0.15, 0.2) is 0 Å². The van der Waals surface area contributed by atoms with E-state index in [0.29, 0.717) is 28.4 Å². The first-order chi connectivity index (χ1) is 24.2. The lowest BCUT2D eigenvalue weighted by Crippen LogP contribution is -2.47. The second-order valence-corrected chi connectivity index (χ2v) is 13.5. The van der Waals surface area contributed by atoms with Gasteiger partial charge < -0.3 is 28.4 Å². The molecule has 0 radical (unpaired) electrons. The summed E-state index contributed by atoms with van der Waals surface area (Å²) in [5, 5.41) is 1.16. The molecule has 1 atom stereocenters. The van der Waals surface area contributed by atoms with Crippen molar-refractivity contribution in [2.75, 3.05) is 0 Å². The van der Waals surface area contributed by atoms with E-state index in [-0.39, 0.29) is 68.6 Å². The smallest absolute Gasteiger partial charge is 0.457 e. The van der Waals surface area contributed by atoms with Gasteiger partial charge in [0.1, 0.15) is 18.0 Å². The maximum absolute atomic E-state index is 14.0. The van der Waals surface area contributed by atoms with Gasteiger partial charge in [-0.25, -0.2) is 19.4 Å². The molecule has 51 heavy (non-hydrogen) atoms. The van der Waals surface area contributed by atoms with Gasteiger partial charge in [-0.3, -0.25) is 19.2 Å². The van der Waals surface area contributed by atoms with Gasteiger partial charge in [0.25, 0.3) is 17.4 Å². The largest absolute Gasteiger partial charge is 0.514 e. The molecule has 0 unspecified atom stereocenters. The first-order valence-electron chi connectivity index (χ1n) is 16.7. The van der Waals surface area contributed by atoms with Gasteiger partial charge in [-0.05, 0) is 69.9 Å². The Bertz CT molecular complexity index is 2060. The number of aryl methyl sites for hydroxylation is 1. The number of fused-ring (bicyclic) bond motifs is 5. The van der Waals surface area contributed by atoms with Crippen LogP contribution in [-0.2, 0) is 68.2 Å². The number of carbonyl (C=O) groups is 6. The Labute approximate surface area is 291 Å². The summed E-state index contributed by atoms with van der Waals surface area (Å²) in [4.78, 5) is 98.3. The standard InChI is InChI=1S/C36H37N3O12/c1-6-20-21-15-19(48-34(46)50-35(3,4)5)11-12-25(21)37-31-22(20)17-38-26(31)16-24-23(32(38)44)18-47-33(45)36(24,7-2)49-29(42)9-8-10-30(43)51-39-27(40)13-14-28(39)41/h11-12,15-16H,6-10,13-14,17-18H2,1-5H3/t36-/m0/s1. The first-order valence-corrected chi connectivity index (χ1v) is 16.7. The number of aromatic nitrogens is 2. The molecule has 2 aromatic heterocycles. The highest BCUT2D eigenvalue weighted by Crippen LogP contribution is 2.42. The van der Waals surface area contributed by atoms with Crippen molar-refractivity contribution in [2.45, 2.75) is 104 Å². The predicted molar refractivity (Wildman–Crippen MR) is 176 cm³/mol. The summed E-state index contributed by atoms with van der Waals surface area (Å²) in [6, 6.07) is 6.67. The van der Waals surface area contributed by atoms with Gasteiger partial charge in [-0.2, -0.15) is 0 Å². The van der Waals surface area contributed by atoms with Crippen LogP contribution in [0.5, 0.6) is 5.75 Å². The minimum atomic E-state index is -1.94. The minimum Gasteiger partial charge on any atom is -0.457 e. The molecule has 0 spiro atoms. The van der Waals surface area contributed by atoms with Gasteiger partial charge in [0.2, 0.25) is 5.60 Å². The number of esters is 2. The lowest BCUT2D eigenvalue weighted by molar-refractivity contribution is -0.197. The molecule has 1 saturated heterocycles. The van der Waals surface area contributed by atoms with Crippen LogP contribution < -0.4 is 10.3 Å². The Morgan fingerprint density at radius 3 is 2.33 bits per heavy atom. The van der Waals surface area contributed by atoms with Crippen LogP contribution in [0.25, 0.3) is 22.3 Å². The van der Waals surface area contributed by atoms with Crippen LogP contribution in [0, 0.1) is 0 Å². The topological polar surface area (TPSA) is 187 Å². The van der Waals surface area contributed by atoms with E-state index in [1.54, 1.807) is 56.5 Å². The van der Waals surface area contributed by atoms with E-state index in [4.69, 9.17) is 28.8 Å². The summed E-state index contributed by atoms with van der Waals surface area (Å²) < 4.78 is 23.5. The van der Waals surface area contributed by atoms with Gasteiger partial charge in [0, 0.05) is 42.2 Å². The number of hydrogen-bond donors (Lipinski definition) is 0. The fourth-order valence-corrected chi connectivity index (χ4v) is 6.56. The summed E-state index contributed by atoms with van der Waals surface area (Å²) in [5.74, 6) is -3.51. The van der Waals surface area contributed by atoms with Gasteiger partial charge >= 0.3 is 24.1 Å². The lowest BCUT2D eigenvalue weighted by atomic mass is 9.85. The molecule has 5 heterocycles. The molecule has 15 heteroatoms. The van der Waals surface area contributed by atoms with Crippen LogP contribution in [0.3, 0.4) is 0 Å². The minimum absolute atomic E-state index is 0.0481. The van der Waals surface area contributed by atoms with Crippen molar-refractivity contribution in [3.63, 3.8) is 0 Å². The number of ether oxygens (including phenoxy) is 4. The second-order valence-electron chi connectivity index (χ2n) is 13.5. The van der Waals surface area contributed by atoms with Crippen molar-refractivity contribution in [3.8, 4) is 17.1 Å². The molecular formula is C36H37N3O12. The highest BCUT2D eigenvalue weighted by molar-refractivity contribution is 6.01. The van der Waals surface area contributed by atoms with Crippen LogP contribution in [0.15, 0.2) is 29.1 Å². The fourth-order valence-electron chi connectivity index (χ4n) is 6.56. The number of imide groups is 1. The summed E-state index contributed by atoms with van der Waals surface area (Å²) in [7, 11) is 0. The van der Waals surface area contributed by atoms with Crippen molar-refractivity contribution in [2.24, 2.45) is 0 Å². The molecule has 3 aromatic rings. The molecule has 0 N–H and O–H groups in total. The van der Waals surface area contributed by atoms with Gasteiger partial charge in [-0.1, -0.05) is 13.8 Å². The highest BCUT2D eigenvalue weighted by Gasteiger charge is 2.50. The summed E-state index contributed by atoms with van der Waals surface area (Å²) in [5.41, 5.74) is 0.516. The number of cyclic esters (lactones) is 1. The zero-order valence-electron chi connectivity index (χ0n) is 28.9. The van der Waals surface area contributed by atoms with Crippen molar-refractivity contribution in [1.82, 2.24) is 14.6 Å². The lowest BCUT2D eigenvalue weighted by Gasteiger charge is -2.35. The van der Waals surface area contributed by atoms with Gasteiger partial charge in [0.05, 0.1) is 29.0 Å². The Balaban J connectivity index is 1.28. The molecule has 2 amide bonds. The number of amides is 2. The Kier molecular flexibility index (Phi) is 9.16. The number of hydroxylamine groups is 2. The molecule has 1 aromatic carbocycles.